The maximum Gasteiger partial charge on any atom is 0.237 e. The highest BCUT2D eigenvalue weighted by molar-refractivity contribution is 6.00. The van der Waals surface area contributed by atoms with E-state index in [2.05, 4.69) is 15.3 Å². The van der Waals surface area contributed by atoms with Crippen LogP contribution in [0.25, 0.3) is 11.0 Å². The lowest BCUT2D eigenvalue weighted by molar-refractivity contribution is -0.134. The molecule has 1 aromatic carbocycles. The number of nitrogens with zero attached hydrogens (tertiary/aromatic N) is 1. The van der Waals surface area contributed by atoms with Crippen molar-refractivity contribution in [3.8, 4) is 0 Å². The molecule has 1 atom stereocenters. The number of aromatic amines is 1. The standard InChI is InChI=1S/C12H12N4O2/c13-6-1-3-8-9(5-6)15-11(14-8)7-2-4-10(17)16-12(7)18/h1,3,5,7H,2,4,13H2,(H,14,15)(H,16,17,18). The molecular weight excluding hydrogens is 232 g/mol. The fourth-order valence-corrected chi connectivity index (χ4v) is 2.17. The van der Waals surface area contributed by atoms with Crippen molar-refractivity contribution in [2.45, 2.75) is 18.8 Å². The van der Waals surface area contributed by atoms with Crippen LogP contribution in [0.1, 0.15) is 24.6 Å². The largest absolute Gasteiger partial charge is 0.399 e. The first kappa shape index (κ1) is 10.8. The molecule has 3 rings (SSSR count). The Kier molecular flexibility index (Phi) is 2.29. The first-order valence-electron chi connectivity index (χ1n) is 5.72. The summed E-state index contributed by atoms with van der Waals surface area (Å²) >= 11 is 0. The SMILES string of the molecule is Nc1ccc2nc(C3CCC(=O)NC3=O)[nH]c2c1. The number of amides is 2. The van der Waals surface area contributed by atoms with Gasteiger partial charge >= 0.3 is 0 Å². The molecule has 4 N–H and O–H groups in total. The molecule has 92 valence electrons. The number of nitrogens with one attached hydrogen (secondary N) is 2. The van der Waals surface area contributed by atoms with Gasteiger partial charge in [-0.25, -0.2) is 4.98 Å². The molecule has 1 fully saturated rings. The molecule has 1 aliphatic rings. The predicted octanol–water partition coefficient (Wildman–Crippen LogP) is 0.665. The third-order valence-electron chi connectivity index (χ3n) is 3.09. The van der Waals surface area contributed by atoms with Gasteiger partial charge in [-0.15, -0.1) is 0 Å². The average molecular weight is 244 g/mol. The maximum absolute atomic E-state index is 11.7. The normalized spacial score (nSPS) is 20.1. The zero-order valence-corrected chi connectivity index (χ0v) is 9.56. The number of nitrogens with two attached hydrogens (primary N) is 1. The van der Waals surface area contributed by atoms with Crippen molar-refractivity contribution in [1.29, 1.82) is 0 Å². The summed E-state index contributed by atoms with van der Waals surface area (Å²) in [5, 5.41) is 2.32. The van der Waals surface area contributed by atoms with E-state index >= 15 is 0 Å². The molecule has 1 saturated heterocycles. The van der Waals surface area contributed by atoms with E-state index in [9.17, 15) is 9.59 Å². The van der Waals surface area contributed by atoms with Gasteiger partial charge < -0.3 is 10.7 Å². The molecule has 0 spiro atoms. The Bertz CT molecular complexity index is 647. The lowest BCUT2D eigenvalue weighted by Gasteiger charge is -2.18. The molecule has 18 heavy (non-hydrogen) atoms. The summed E-state index contributed by atoms with van der Waals surface area (Å²) in [5.74, 6) is -0.327. The first-order valence-corrected chi connectivity index (χ1v) is 5.72. The van der Waals surface area contributed by atoms with E-state index in [0.717, 1.165) is 11.0 Å². The van der Waals surface area contributed by atoms with Crippen molar-refractivity contribution in [3.63, 3.8) is 0 Å². The predicted molar refractivity (Wildman–Crippen MR) is 65.6 cm³/mol. The summed E-state index contributed by atoms with van der Waals surface area (Å²) in [6.45, 7) is 0. The van der Waals surface area contributed by atoms with Gasteiger partial charge in [-0.2, -0.15) is 0 Å². The Morgan fingerprint density at radius 1 is 1.33 bits per heavy atom. The van der Waals surface area contributed by atoms with Gasteiger partial charge in [-0.1, -0.05) is 0 Å². The quantitative estimate of drug-likeness (QED) is 0.506. The third kappa shape index (κ3) is 1.71. The van der Waals surface area contributed by atoms with Crippen LogP contribution in [0.4, 0.5) is 5.69 Å². The Labute approximate surface area is 103 Å². The van der Waals surface area contributed by atoms with E-state index in [1.807, 2.05) is 0 Å². The van der Waals surface area contributed by atoms with Gasteiger partial charge in [0.05, 0.1) is 17.0 Å². The topological polar surface area (TPSA) is 101 Å². The van der Waals surface area contributed by atoms with Gasteiger partial charge in [0.25, 0.3) is 0 Å². The van der Waals surface area contributed by atoms with Gasteiger partial charge in [0, 0.05) is 12.1 Å². The fourth-order valence-electron chi connectivity index (χ4n) is 2.17. The number of carbonyl (C=O) groups is 2. The number of imidazole rings is 1. The second-order valence-electron chi connectivity index (χ2n) is 4.40. The first-order chi connectivity index (χ1) is 8.63. The Hall–Kier alpha value is -2.37. The van der Waals surface area contributed by atoms with E-state index in [0.29, 0.717) is 24.4 Å². The summed E-state index contributed by atoms with van der Waals surface area (Å²) in [6, 6.07) is 5.34. The van der Waals surface area contributed by atoms with E-state index in [4.69, 9.17) is 5.73 Å². The van der Waals surface area contributed by atoms with Crippen LogP contribution in [-0.4, -0.2) is 21.8 Å². The average Bonchev–Trinajstić information content (AvgIpc) is 2.71. The Balaban J connectivity index is 1.99. The Morgan fingerprint density at radius 2 is 2.17 bits per heavy atom. The second-order valence-corrected chi connectivity index (χ2v) is 4.40. The summed E-state index contributed by atoms with van der Waals surface area (Å²) in [7, 11) is 0. The highest BCUT2D eigenvalue weighted by Crippen LogP contribution is 2.25. The van der Waals surface area contributed by atoms with Crippen LogP contribution in [0.5, 0.6) is 0 Å². The van der Waals surface area contributed by atoms with Crippen molar-refractivity contribution in [3.05, 3.63) is 24.0 Å². The number of rotatable bonds is 1. The number of carbonyl (C=O) groups excluding carboxylic acids is 2. The number of anilines is 1. The molecule has 1 aliphatic heterocycles. The zero-order valence-electron chi connectivity index (χ0n) is 9.56. The summed E-state index contributed by atoms with van der Waals surface area (Å²) in [4.78, 5) is 30.3. The highest BCUT2D eigenvalue weighted by Gasteiger charge is 2.30. The van der Waals surface area contributed by atoms with Crippen molar-refractivity contribution >= 4 is 28.5 Å². The molecule has 2 heterocycles. The van der Waals surface area contributed by atoms with Crippen LogP contribution in [0.15, 0.2) is 18.2 Å². The fraction of sp³-hybridized carbons (Fsp3) is 0.250. The van der Waals surface area contributed by atoms with E-state index in [1.165, 1.54) is 0 Å². The smallest absolute Gasteiger partial charge is 0.237 e. The number of imide groups is 1. The minimum atomic E-state index is -0.392. The van der Waals surface area contributed by atoms with Gasteiger partial charge in [-0.3, -0.25) is 14.9 Å². The molecule has 0 bridgehead atoms. The van der Waals surface area contributed by atoms with Crippen LogP contribution in [0, 0.1) is 0 Å². The zero-order chi connectivity index (χ0) is 12.7. The number of nitrogen functional groups attached to an aromatic ring is 1. The van der Waals surface area contributed by atoms with Crippen molar-refractivity contribution in [2.75, 3.05) is 5.73 Å². The Morgan fingerprint density at radius 3 is 2.94 bits per heavy atom. The highest BCUT2D eigenvalue weighted by atomic mass is 16.2. The van der Waals surface area contributed by atoms with Crippen LogP contribution >= 0.6 is 0 Å². The number of hydrogen-bond acceptors (Lipinski definition) is 4. The lowest BCUT2D eigenvalue weighted by atomic mass is 9.98. The molecule has 2 aromatic rings. The molecule has 0 aliphatic carbocycles. The monoisotopic (exact) mass is 244 g/mol. The summed E-state index contributed by atoms with van der Waals surface area (Å²) in [6.07, 6.45) is 0.829. The number of piperidine rings is 1. The van der Waals surface area contributed by atoms with E-state index in [1.54, 1.807) is 18.2 Å². The molecule has 6 heteroatoms. The molecule has 0 radical (unpaired) electrons. The minimum absolute atomic E-state index is 0.225. The van der Waals surface area contributed by atoms with Crippen LogP contribution < -0.4 is 11.1 Å². The van der Waals surface area contributed by atoms with Gasteiger partial charge in [-0.05, 0) is 24.6 Å². The number of fused-ring (bicyclic) bond motifs is 1. The van der Waals surface area contributed by atoms with Crippen LogP contribution in [-0.2, 0) is 9.59 Å². The number of aromatic nitrogens is 2. The summed E-state index contributed by atoms with van der Waals surface area (Å²) < 4.78 is 0. The number of hydrogen-bond donors (Lipinski definition) is 3. The van der Waals surface area contributed by atoms with Gasteiger partial charge in [0.2, 0.25) is 11.8 Å². The van der Waals surface area contributed by atoms with Gasteiger partial charge in [0.15, 0.2) is 0 Å². The number of benzene rings is 1. The molecule has 1 unspecified atom stereocenters. The lowest BCUT2D eigenvalue weighted by Crippen LogP contribution is -2.39. The van der Waals surface area contributed by atoms with Crippen molar-refractivity contribution in [1.82, 2.24) is 15.3 Å². The van der Waals surface area contributed by atoms with E-state index in [-0.39, 0.29) is 11.8 Å². The maximum atomic E-state index is 11.7. The van der Waals surface area contributed by atoms with Crippen LogP contribution in [0.3, 0.4) is 0 Å². The number of H-pyrrole nitrogens is 1. The molecular formula is C12H12N4O2. The minimum Gasteiger partial charge on any atom is -0.399 e. The van der Waals surface area contributed by atoms with E-state index < -0.39 is 5.92 Å². The van der Waals surface area contributed by atoms with Crippen molar-refractivity contribution in [2.24, 2.45) is 0 Å². The molecule has 6 nitrogen and oxygen atoms in total. The van der Waals surface area contributed by atoms with Crippen molar-refractivity contribution < 1.29 is 9.59 Å². The van der Waals surface area contributed by atoms with Gasteiger partial charge in [0.1, 0.15) is 5.82 Å². The second kappa shape index (κ2) is 3.83. The molecule has 1 aromatic heterocycles. The third-order valence-corrected chi connectivity index (χ3v) is 3.09. The molecule has 2 amide bonds. The van der Waals surface area contributed by atoms with Crippen LogP contribution in [0.2, 0.25) is 0 Å². The summed E-state index contributed by atoms with van der Waals surface area (Å²) in [5.41, 5.74) is 7.89. The molecule has 0 saturated carbocycles.